The highest BCUT2D eigenvalue weighted by molar-refractivity contribution is 7.15. The minimum atomic E-state index is -0.607. The summed E-state index contributed by atoms with van der Waals surface area (Å²) in [6.07, 6.45) is 6.66. The lowest BCUT2D eigenvalue weighted by molar-refractivity contribution is 0.0235. The molecule has 2 heterocycles. The Kier molecular flexibility index (Phi) is 6.49. The maximum Gasteiger partial charge on any atom is 0.276 e. The zero-order valence-electron chi connectivity index (χ0n) is 24.3. The number of Topliss-reactive ketones (excluding diaryl/α,β-unsaturated/α-hetero) is 1. The molecule has 0 spiro atoms. The molecule has 208 valence electrons. The van der Waals surface area contributed by atoms with Gasteiger partial charge >= 0.3 is 0 Å². The summed E-state index contributed by atoms with van der Waals surface area (Å²) in [5, 5.41) is 8.60. The van der Waals surface area contributed by atoms with Gasteiger partial charge in [0, 0.05) is 25.2 Å². The Morgan fingerprint density at radius 3 is 2.55 bits per heavy atom. The van der Waals surface area contributed by atoms with Gasteiger partial charge in [-0.3, -0.25) is 9.59 Å². The van der Waals surface area contributed by atoms with E-state index in [0.717, 1.165) is 43.4 Å². The Bertz CT molecular complexity index is 1720. The number of fused-ring (bicyclic) bond motifs is 4. The van der Waals surface area contributed by atoms with Crippen molar-refractivity contribution in [2.24, 2.45) is 11.3 Å². The number of nitrogens with zero attached hydrogens (tertiary/aromatic N) is 4. The van der Waals surface area contributed by atoms with Crippen LogP contribution < -0.4 is 15.0 Å². The van der Waals surface area contributed by atoms with Crippen molar-refractivity contribution in [3.63, 3.8) is 0 Å². The molecule has 2 aromatic heterocycles. The zero-order chi connectivity index (χ0) is 28.4. The number of anilines is 1. The highest BCUT2D eigenvalue weighted by atomic mass is 32.1. The number of benzene rings is 2. The molecule has 7 heteroatoms. The molecule has 0 N–H and O–H groups in total. The van der Waals surface area contributed by atoms with Gasteiger partial charge in [-0.15, -0.1) is 10.2 Å². The van der Waals surface area contributed by atoms with E-state index in [-0.39, 0.29) is 28.5 Å². The molecule has 2 aliphatic rings. The van der Waals surface area contributed by atoms with Gasteiger partial charge in [-0.25, -0.2) is 4.40 Å². The summed E-state index contributed by atoms with van der Waals surface area (Å²) in [7, 11) is 4.00. The van der Waals surface area contributed by atoms with Crippen molar-refractivity contribution < 1.29 is 4.79 Å². The number of thiazole rings is 1. The SMILES string of the molecule is CC(C)c1ccc2c(c1)CC[C@H]1[C@](C)(C(=O)c3nnc4s/c(=C/c5ccc(N(C)C)cc5)c(=O)n34)CCC[C@]21C. The second-order valence-electron chi connectivity index (χ2n) is 12.7. The summed E-state index contributed by atoms with van der Waals surface area (Å²) in [6.45, 7) is 8.95. The van der Waals surface area contributed by atoms with Crippen molar-refractivity contribution in [2.75, 3.05) is 19.0 Å². The third kappa shape index (κ3) is 4.12. The van der Waals surface area contributed by atoms with Gasteiger partial charge in [-0.1, -0.05) is 75.8 Å². The zero-order valence-corrected chi connectivity index (χ0v) is 25.1. The van der Waals surface area contributed by atoms with E-state index in [2.05, 4.69) is 56.1 Å². The van der Waals surface area contributed by atoms with Crippen LogP contribution >= 0.6 is 11.3 Å². The molecule has 0 amide bonds. The van der Waals surface area contributed by atoms with Crippen LogP contribution in [0.2, 0.25) is 0 Å². The van der Waals surface area contributed by atoms with Crippen LogP contribution in [0, 0.1) is 11.3 Å². The van der Waals surface area contributed by atoms with E-state index in [4.69, 9.17) is 0 Å². The number of aryl methyl sites for hydroxylation is 1. The van der Waals surface area contributed by atoms with Crippen LogP contribution in [-0.2, 0) is 11.8 Å². The number of hydrogen-bond donors (Lipinski definition) is 0. The Hall–Kier alpha value is -3.32. The maximum atomic E-state index is 14.4. The Balaban J connectivity index is 1.38. The van der Waals surface area contributed by atoms with Crippen LogP contribution in [0.25, 0.3) is 11.0 Å². The molecule has 0 aliphatic heterocycles. The van der Waals surface area contributed by atoms with Gasteiger partial charge in [0.1, 0.15) is 0 Å². The van der Waals surface area contributed by atoms with Crippen molar-refractivity contribution >= 4 is 33.8 Å². The Morgan fingerprint density at radius 2 is 1.85 bits per heavy atom. The molecule has 4 aromatic rings. The third-order valence-electron chi connectivity index (χ3n) is 9.72. The monoisotopic (exact) mass is 554 g/mol. The third-order valence-corrected chi connectivity index (χ3v) is 10.7. The predicted octanol–water partition coefficient (Wildman–Crippen LogP) is 5.78. The van der Waals surface area contributed by atoms with Crippen molar-refractivity contribution in [3.05, 3.63) is 85.4 Å². The number of rotatable bonds is 5. The first-order chi connectivity index (χ1) is 19.0. The molecule has 6 rings (SSSR count). The smallest absolute Gasteiger partial charge is 0.276 e. The number of carbonyl (C=O) groups is 1. The van der Waals surface area contributed by atoms with Crippen molar-refractivity contribution in [3.8, 4) is 0 Å². The lowest BCUT2D eigenvalue weighted by Gasteiger charge is -2.54. The maximum absolute atomic E-state index is 14.4. The molecule has 6 nitrogen and oxygen atoms in total. The number of hydrogen-bond acceptors (Lipinski definition) is 6. The number of carbonyl (C=O) groups excluding carboxylic acids is 1. The first-order valence-corrected chi connectivity index (χ1v) is 15.2. The molecule has 2 aromatic carbocycles. The Morgan fingerprint density at radius 1 is 1.10 bits per heavy atom. The summed E-state index contributed by atoms with van der Waals surface area (Å²) in [6, 6.07) is 15.0. The van der Waals surface area contributed by atoms with Crippen LogP contribution in [0.4, 0.5) is 5.69 Å². The molecule has 40 heavy (non-hydrogen) atoms. The molecule has 0 unspecified atom stereocenters. The second-order valence-corrected chi connectivity index (χ2v) is 13.7. The van der Waals surface area contributed by atoms with Crippen LogP contribution in [-0.4, -0.2) is 34.5 Å². The second kappa shape index (κ2) is 9.65. The summed E-state index contributed by atoms with van der Waals surface area (Å²) in [5.74, 6) is 0.818. The quantitative estimate of drug-likeness (QED) is 0.293. The van der Waals surface area contributed by atoms with Gasteiger partial charge < -0.3 is 4.90 Å². The molecule has 1 saturated carbocycles. The average molecular weight is 555 g/mol. The average Bonchev–Trinajstić information content (AvgIpc) is 3.47. The summed E-state index contributed by atoms with van der Waals surface area (Å²) in [5.41, 5.74) is 5.33. The number of ketones is 1. The molecule has 0 saturated heterocycles. The Labute approximate surface area is 239 Å². The first-order valence-electron chi connectivity index (χ1n) is 14.4. The van der Waals surface area contributed by atoms with Crippen LogP contribution in [0.3, 0.4) is 0 Å². The summed E-state index contributed by atoms with van der Waals surface area (Å²) in [4.78, 5) is 30.5. The molecule has 1 fully saturated rings. The minimum absolute atomic E-state index is 0.0463. The van der Waals surface area contributed by atoms with Gasteiger partial charge in [0.05, 0.1) is 4.53 Å². The van der Waals surface area contributed by atoms with Gasteiger partial charge in [0.25, 0.3) is 5.56 Å². The number of aromatic nitrogens is 3. The van der Waals surface area contributed by atoms with Crippen molar-refractivity contribution in [1.29, 1.82) is 0 Å². The predicted molar refractivity (Wildman–Crippen MR) is 163 cm³/mol. The highest BCUT2D eigenvalue weighted by Crippen LogP contribution is 2.58. The van der Waals surface area contributed by atoms with E-state index < -0.39 is 5.41 Å². The lowest BCUT2D eigenvalue weighted by Crippen LogP contribution is -2.52. The molecule has 2 aliphatic carbocycles. The minimum Gasteiger partial charge on any atom is -0.378 e. The van der Waals surface area contributed by atoms with Gasteiger partial charge in [-0.05, 0) is 83.4 Å². The normalized spacial score (nSPS) is 24.8. The van der Waals surface area contributed by atoms with E-state index in [1.807, 2.05) is 49.3 Å². The van der Waals surface area contributed by atoms with Crippen molar-refractivity contribution in [1.82, 2.24) is 14.6 Å². The van der Waals surface area contributed by atoms with Crippen LogP contribution in [0.15, 0.2) is 47.3 Å². The molecule has 3 atom stereocenters. The fourth-order valence-corrected chi connectivity index (χ4v) is 8.34. The van der Waals surface area contributed by atoms with Gasteiger partial charge in [0.2, 0.25) is 16.6 Å². The van der Waals surface area contributed by atoms with Gasteiger partial charge in [0.15, 0.2) is 0 Å². The van der Waals surface area contributed by atoms with E-state index in [9.17, 15) is 9.59 Å². The van der Waals surface area contributed by atoms with Crippen LogP contribution in [0.5, 0.6) is 0 Å². The van der Waals surface area contributed by atoms with E-state index in [1.54, 1.807) is 0 Å². The fourth-order valence-electron chi connectivity index (χ4n) is 7.43. The van der Waals surface area contributed by atoms with E-state index in [1.165, 1.54) is 32.4 Å². The highest BCUT2D eigenvalue weighted by Gasteiger charge is 2.55. The van der Waals surface area contributed by atoms with E-state index >= 15 is 0 Å². The molecule has 0 bridgehead atoms. The first kappa shape index (κ1) is 26.9. The largest absolute Gasteiger partial charge is 0.378 e. The summed E-state index contributed by atoms with van der Waals surface area (Å²) >= 11 is 1.29. The summed E-state index contributed by atoms with van der Waals surface area (Å²) < 4.78 is 2.01. The lowest BCUT2D eigenvalue weighted by atomic mass is 9.48. The van der Waals surface area contributed by atoms with E-state index in [0.29, 0.717) is 15.4 Å². The molecule has 0 radical (unpaired) electrons. The molecular weight excluding hydrogens is 516 g/mol. The standard InChI is InChI=1S/C33H38N4O2S/c1-20(2)22-10-14-25-23(19-22)11-15-27-32(25,3)16-7-17-33(27,4)28(38)29-34-35-31-37(29)30(39)26(40-31)18-21-8-12-24(13-9-21)36(5)6/h8-10,12-14,18-20,27H,7,11,15-17H2,1-6H3/b26-18+/t27-,32-,33-/m1/s1. The fraction of sp³-hybridized carbons (Fsp3) is 0.455. The van der Waals surface area contributed by atoms with Crippen LogP contribution in [0.1, 0.15) is 92.2 Å². The van der Waals surface area contributed by atoms with Gasteiger partial charge in [-0.2, -0.15) is 0 Å². The molecular formula is C33H38N4O2S. The van der Waals surface area contributed by atoms with Crippen molar-refractivity contribution in [2.45, 2.75) is 71.1 Å². The topological polar surface area (TPSA) is 67.6 Å².